The molecule has 3 heterocycles. The van der Waals surface area contributed by atoms with Crippen LogP contribution in [0.5, 0.6) is 0 Å². The minimum absolute atomic E-state index is 0.150. The summed E-state index contributed by atoms with van der Waals surface area (Å²) in [5.74, 6) is -0.224. The maximum Gasteiger partial charge on any atom is 0.174 e. The molecule has 5 rings (SSSR count). The highest BCUT2D eigenvalue weighted by Gasteiger charge is 2.42. The molecule has 2 aromatic carbocycles. The molecule has 1 aliphatic heterocycles. The molecule has 1 saturated heterocycles. The number of rotatable bonds is 4. The van der Waals surface area contributed by atoms with Crippen LogP contribution >= 0.6 is 12.2 Å². The second kappa shape index (κ2) is 9.17. The number of hydrogen-bond donors (Lipinski definition) is 1. The number of nitrogens with zero attached hydrogens (tertiary/aromatic N) is 3. The van der Waals surface area contributed by atoms with Crippen LogP contribution in [0.4, 0.5) is 10.1 Å². The fourth-order valence-corrected chi connectivity index (χ4v) is 6.03. The van der Waals surface area contributed by atoms with E-state index in [0.29, 0.717) is 10.7 Å². The minimum atomic E-state index is -0.224. The summed E-state index contributed by atoms with van der Waals surface area (Å²) in [6, 6.07) is 17.5. The van der Waals surface area contributed by atoms with E-state index in [1.165, 1.54) is 28.4 Å². The first-order valence-electron chi connectivity index (χ1n) is 12.2. The van der Waals surface area contributed by atoms with Gasteiger partial charge in [0.15, 0.2) is 5.11 Å². The molecular formula is C30H31FN4S. The van der Waals surface area contributed by atoms with Crippen LogP contribution in [0.15, 0.2) is 60.8 Å². The van der Waals surface area contributed by atoms with Crippen LogP contribution in [0.1, 0.15) is 57.0 Å². The Hall–Kier alpha value is -3.51. The third-order valence-corrected chi connectivity index (χ3v) is 7.48. The highest BCUT2D eigenvalue weighted by Crippen LogP contribution is 2.44. The molecule has 0 spiro atoms. The SMILES string of the molecule is Cc1cc(C)c(-n2c(C)cc(C3C(c4ccccn4)NC(=S)N3c3ccc(F)c(C)c3)c2C)c(C)c1. The van der Waals surface area contributed by atoms with Crippen LogP contribution in [0.2, 0.25) is 0 Å². The van der Waals surface area contributed by atoms with E-state index < -0.39 is 0 Å². The van der Waals surface area contributed by atoms with Gasteiger partial charge >= 0.3 is 0 Å². The molecular weight excluding hydrogens is 467 g/mol. The fourth-order valence-electron chi connectivity index (χ4n) is 5.68. The summed E-state index contributed by atoms with van der Waals surface area (Å²) in [5.41, 5.74) is 10.8. The Labute approximate surface area is 217 Å². The zero-order valence-corrected chi connectivity index (χ0v) is 22.4. The topological polar surface area (TPSA) is 33.1 Å². The van der Waals surface area contributed by atoms with E-state index >= 15 is 0 Å². The Morgan fingerprint density at radius 2 is 1.61 bits per heavy atom. The fraction of sp³-hybridized carbons (Fsp3) is 0.267. The van der Waals surface area contributed by atoms with E-state index in [4.69, 9.17) is 12.2 Å². The molecule has 0 radical (unpaired) electrons. The van der Waals surface area contributed by atoms with Crippen LogP contribution < -0.4 is 10.2 Å². The molecule has 2 unspecified atom stereocenters. The van der Waals surface area contributed by atoms with Gasteiger partial charge in [-0.25, -0.2) is 4.39 Å². The Balaban J connectivity index is 1.72. The minimum Gasteiger partial charge on any atom is -0.351 e. The number of hydrogen-bond acceptors (Lipinski definition) is 2. The van der Waals surface area contributed by atoms with Crippen molar-refractivity contribution in [2.45, 2.75) is 53.6 Å². The Morgan fingerprint density at radius 3 is 2.25 bits per heavy atom. The number of nitrogens with one attached hydrogen (secondary N) is 1. The van der Waals surface area contributed by atoms with Gasteiger partial charge in [-0.05, 0) is 112 Å². The van der Waals surface area contributed by atoms with Crippen molar-refractivity contribution in [1.29, 1.82) is 0 Å². The van der Waals surface area contributed by atoms with Gasteiger partial charge in [-0.15, -0.1) is 0 Å². The summed E-state index contributed by atoms with van der Waals surface area (Å²) in [5, 5.41) is 4.12. The summed E-state index contributed by atoms with van der Waals surface area (Å²) in [6.07, 6.45) is 1.81. The molecule has 6 heteroatoms. The zero-order valence-electron chi connectivity index (χ0n) is 21.6. The molecule has 36 heavy (non-hydrogen) atoms. The molecule has 4 aromatic rings. The first-order valence-corrected chi connectivity index (χ1v) is 12.6. The van der Waals surface area contributed by atoms with Gasteiger partial charge in [0.05, 0.1) is 23.5 Å². The number of anilines is 1. The van der Waals surface area contributed by atoms with Crippen molar-refractivity contribution < 1.29 is 4.39 Å². The highest BCUT2D eigenvalue weighted by atomic mass is 32.1. The normalized spacial score (nSPS) is 17.5. The van der Waals surface area contributed by atoms with Crippen molar-refractivity contribution in [1.82, 2.24) is 14.9 Å². The monoisotopic (exact) mass is 498 g/mol. The second-order valence-corrected chi connectivity index (χ2v) is 10.2. The lowest BCUT2D eigenvalue weighted by molar-refractivity contribution is 0.564. The molecule has 2 aromatic heterocycles. The van der Waals surface area contributed by atoms with Crippen molar-refractivity contribution in [3.8, 4) is 5.69 Å². The van der Waals surface area contributed by atoms with Gasteiger partial charge in [-0.2, -0.15) is 0 Å². The smallest absolute Gasteiger partial charge is 0.174 e. The lowest BCUT2D eigenvalue weighted by Crippen LogP contribution is -2.29. The third kappa shape index (κ3) is 3.99. The average molecular weight is 499 g/mol. The first kappa shape index (κ1) is 24.2. The van der Waals surface area contributed by atoms with Gasteiger partial charge < -0.3 is 14.8 Å². The predicted molar refractivity (Wildman–Crippen MR) is 149 cm³/mol. The van der Waals surface area contributed by atoms with Crippen LogP contribution in [0, 0.1) is 47.4 Å². The Kier molecular flexibility index (Phi) is 6.17. The van der Waals surface area contributed by atoms with Crippen LogP contribution in [0.3, 0.4) is 0 Å². The highest BCUT2D eigenvalue weighted by molar-refractivity contribution is 7.80. The third-order valence-electron chi connectivity index (χ3n) is 7.17. The van der Waals surface area contributed by atoms with Gasteiger partial charge in [0, 0.05) is 23.3 Å². The largest absolute Gasteiger partial charge is 0.351 e. The zero-order chi connectivity index (χ0) is 25.7. The number of halogens is 1. The maximum absolute atomic E-state index is 14.2. The van der Waals surface area contributed by atoms with E-state index in [1.807, 2.05) is 30.5 Å². The summed E-state index contributed by atoms with van der Waals surface area (Å²) in [4.78, 5) is 6.78. The van der Waals surface area contributed by atoms with E-state index in [9.17, 15) is 4.39 Å². The van der Waals surface area contributed by atoms with Crippen molar-refractivity contribution in [2.24, 2.45) is 0 Å². The molecule has 1 N–H and O–H groups in total. The van der Waals surface area contributed by atoms with Crippen molar-refractivity contribution in [3.63, 3.8) is 0 Å². The van der Waals surface area contributed by atoms with Gasteiger partial charge in [-0.1, -0.05) is 23.8 Å². The lowest BCUT2D eigenvalue weighted by atomic mass is 9.96. The quantitative estimate of drug-likeness (QED) is 0.306. The molecule has 1 aliphatic rings. The average Bonchev–Trinajstić information content (AvgIpc) is 3.32. The molecule has 0 amide bonds. The molecule has 0 saturated carbocycles. The van der Waals surface area contributed by atoms with Gasteiger partial charge in [0.25, 0.3) is 0 Å². The Morgan fingerprint density at radius 1 is 0.889 bits per heavy atom. The van der Waals surface area contributed by atoms with E-state index in [-0.39, 0.29) is 17.9 Å². The van der Waals surface area contributed by atoms with E-state index in [2.05, 4.69) is 72.6 Å². The maximum atomic E-state index is 14.2. The molecule has 1 fully saturated rings. The van der Waals surface area contributed by atoms with Gasteiger partial charge in [0.1, 0.15) is 5.82 Å². The summed E-state index contributed by atoms with van der Waals surface area (Å²) >= 11 is 5.87. The summed E-state index contributed by atoms with van der Waals surface area (Å²) < 4.78 is 16.5. The van der Waals surface area contributed by atoms with Gasteiger partial charge in [-0.3, -0.25) is 4.98 Å². The summed E-state index contributed by atoms with van der Waals surface area (Å²) in [7, 11) is 0. The lowest BCUT2D eigenvalue weighted by Gasteiger charge is -2.28. The number of benzene rings is 2. The molecule has 0 aliphatic carbocycles. The van der Waals surface area contributed by atoms with Crippen molar-refractivity contribution >= 4 is 23.0 Å². The molecule has 0 bridgehead atoms. The van der Waals surface area contributed by atoms with Crippen LogP contribution in [0.25, 0.3) is 5.69 Å². The van der Waals surface area contributed by atoms with Crippen LogP contribution in [-0.4, -0.2) is 14.7 Å². The number of pyridine rings is 1. The number of aromatic nitrogens is 2. The van der Waals surface area contributed by atoms with Crippen molar-refractivity contribution in [2.75, 3.05) is 4.90 Å². The number of thiocarbonyl (C=S) groups is 1. The standard InChI is InChI=1S/C30H31FN4S/c1-17-13-19(3)28(20(4)14-17)34-21(5)16-24(22(34)6)29-27(26-9-7-8-12-32-26)33-30(36)35(29)23-10-11-25(31)18(2)15-23/h7-16,27,29H,1-6H3,(H,33,36). The summed E-state index contributed by atoms with van der Waals surface area (Å²) in [6.45, 7) is 12.6. The van der Waals surface area contributed by atoms with Crippen molar-refractivity contribution in [3.05, 3.63) is 112 Å². The van der Waals surface area contributed by atoms with Gasteiger partial charge in [0.2, 0.25) is 0 Å². The molecule has 184 valence electrons. The Bertz CT molecular complexity index is 1450. The van der Waals surface area contributed by atoms with E-state index in [1.54, 1.807) is 13.0 Å². The predicted octanol–water partition coefficient (Wildman–Crippen LogP) is 7.04. The van der Waals surface area contributed by atoms with E-state index in [0.717, 1.165) is 28.3 Å². The second-order valence-electron chi connectivity index (χ2n) is 9.84. The molecule has 4 nitrogen and oxygen atoms in total. The van der Waals surface area contributed by atoms with Crippen LogP contribution in [-0.2, 0) is 0 Å². The first-order chi connectivity index (χ1) is 17.2. The number of aryl methyl sites for hydroxylation is 5. The molecule has 2 atom stereocenters.